The van der Waals surface area contributed by atoms with Crippen molar-refractivity contribution in [1.29, 1.82) is 0 Å². The van der Waals surface area contributed by atoms with Crippen molar-refractivity contribution in [3.63, 3.8) is 0 Å². The predicted molar refractivity (Wildman–Crippen MR) is 53.9 cm³/mol. The highest BCUT2D eigenvalue weighted by atomic mass is 14.9. The summed E-state index contributed by atoms with van der Waals surface area (Å²) >= 11 is 0. The summed E-state index contributed by atoms with van der Waals surface area (Å²) in [5.41, 5.74) is 11.2. The van der Waals surface area contributed by atoms with Crippen molar-refractivity contribution in [3.05, 3.63) is 42.9 Å². The first kappa shape index (κ1) is 9.12. The van der Waals surface area contributed by atoms with E-state index >= 15 is 0 Å². The van der Waals surface area contributed by atoms with Crippen LogP contribution in [0.25, 0.3) is 0 Å². The third-order valence-corrected chi connectivity index (χ3v) is 1.37. The Bertz CT molecular complexity index is 291. The number of aromatic nitrogens is 2. The van der Waals surface area contributed by atoms with Gasteiger partial charge in [0.15, 0.2) is 0 Å². The fourth-order valence-corrected chi connectivity index (χ4v) is 0.708. The van der Waals surface area contributed by atoms with Gasteiger partial charge in [-0.1, -0.05) is 0 Å². The van der Waals surface area contributed by atoms with E-state index in [0.717, 1.165) is 0 Å². The highest BCUT2D eigenvalue weighted by Crippen LogP contribution is 2.06. The molecule has 13 heavy (non-hydrogen) atoms. The Labute approximate surface area is 76.6 Å². The van der Waals surface area contributed by atoms with Gasteiger partial charge in [0.2, 0.25) is 0 Å². The predicted octanol–water partition coefficient (Wildman–Crippen LogP) is 1.26. The molecule has 0 aliphatic rings. The van der Waals surface area contributed by atoms with E-state index in [1.165, 1.54) is 0 Å². The van der Waals surface area contributed by atoms with E-state index in [4.69, 9.17) is 11.5 Å². The highest BCUT2D eigenvalue weighted by Gasteiger charge is 1.87. The minimum atomic E-state index is 0.396. The summed E-state index contributed by atoms with van der Waals surface area (Å²) in [5, 5.41) is 0. The molecule has 2 heterocycles. The quantitative estimate of drug-likeness (QED) is 0.565. The molecular weight excluding hydrogens is 164 g/mol. The van der Waals surface area contributed by atoms with Gasteiger partial charge in [0.1, 0.15) is 5.82 Å². The van der Waals surface area contributed by atoms with Crippen LogP contribution >= 0.6 is 0 Å². The van der Waals surface area contributed by atoms with Crippen LogP contribution < -0.4 is 11.5 Å². The van der Waals surface area contributed by atoms with Crippen molar-refractivity contribution >= 4 is 11.5 Å². The zero-order valence-electron chi connectivity index (χ0n) is 7.14. The van der Waals surface area contributed by atoms with E-state index in [1.54, 1.807) is 18.3 Å². The molecule has 0 unspecified atom stereocenters. The minimum Gasteiger partial charge on any atom is -0.396 e. The molecule has 4 nitrogen and oxygen atoms in total. The van der Waals surface area contributed by atoms with Crippen LogP contribution in [0.4, 0.5) is 11.5 Å². The monoisotopic (exact) mass is 176 g/mol. The molecule has 0 spiro atoms. The van der Waals surface area contributed by atoms with Gasteiger partial charge < -0.3 is 16.5 Å². The molecule has 2 aromatic heterocycles. The fourth-order valence-electron chi connectivity index (χ4n) is 0.708. The fraction of sp³-hybridized carbons (Fsp3) is 0. The van der Waals surface area contributed by atoms with Crippen molar-refractivity contribution < 1.29 is 0 Å². The summed E-state index contributed by atoms with van der Waals surface area (Å²) in [4.78, 5) is 6.59. The van der Waals surface area contributed by atoms with Crippen molar-refractivity contribution in [2.75, 3.05) is 11.5 Å². The summed E-state index contributed by atoms with van der Waals surface area (Å²) in [7, 11) is 0. The first-order valence-corrected chi connectivity index (χ1v) is 3.84. The third-order valence-electron chi connectivity index (χ3n) is 1.37. The molecule has 0 aromatic carbocycles. The maximum absolute atomic E-state index is 5.33. The van der Waals surface area contributed by atoms with Crippen molar-refractivity contribution in [1.82, 2.24) is 9.97 Å². The molecule has 0 aliphatic heterocycles. The van der Waals surface area contributed by atoms with E-state index in [9.17, 15) is 0 Å². The highest BCUT2D eigenvalue weighted by molar-refractivity contribution is 5.56. The molecule has 68 valence electrons. The summed E-state index contributed by atoms with van der Waals surface area (Å²) in [6, 6.07) is 7.34. The molecule has 0 atom stereocenters. The molecule has 0 radical (unpaired) electrons. The number of rotatable bonds is 0. The molecule has 4 heteroatoms. The molecule has 5 N–H and O–H groups in total. The lowest BCUT2D eigenvalue weighted by Gasteiger charge is -1.92. The van der Waals surface area contributed by atoms with Gasteiger partial charge in [0.25, 0.3) is 0 Å². The zero-order chi connectivity index (χ0) is 9.52. The molecule has 2 rings (SSSR count). The van der Waals surface area contributed by atoms with Crippen LogP contribution in [0.15, 0.2) is 42.9 Å². The topological polar surface area (TPSA) is 80.7 Å². The van der Waals surface area contributed by atoms with Gasteiger partial charge >= 0.3 is 0 Å². The van der Waals surface area contributed by atoms with E-state index in [0.29, 0.717) is 11.5 Å². The Morgan fingerprint density at radius 2 is 1.77 bits per heavy atom. The van der Waals surface area contributed by atoms with Crippen LogP contribution in [0.3, 0.4) is 0 Å². The Morgan fingerprint density at radius 3 is 2.08 bits per heavy atom. The van der Waals surface area contributed by atoms with Crippen molar-refractivity contribution in [2.45, 2.75) is 0 Å². The first-order valence-electron chi connectivity index (χ1n) is 3.84. The van der Waals surface area contributed by atoms with E-state index in [1.807, 2.05) is 24.5 Å². The van der Waals surface area contributed by atoms with Gasteiger partial charge in [-0.2, -0.15) is 0 Å². The smallest absolute Gasteiger partial charge is 0.146 e. The third kappa shape index (κ3) is 3.29. The van der Waals surface area contributed by atoms with Crippen LogP contribution in [-0.2, 0) is 0 Å². The summed E-state index contributed by atoms with van der Waals surface area (Å²) in [5.74, 6) is 0.396. The van der Waals surface area contributed by atoms with Crippen LogP contribution in [0, 0.1) is 0 Å². The lowest BCUT2D eigenvalue weighted by atomic mass is 10.4. The Kier molecular flexibility index (Phi) is 3.38. The Balaban J connectivity index is 0.000000145. The van der Waals surface area contributed by atoms with Crippen LogP contribution in [-0.4, -0.2) is 9.97 Å². The standard InChI is InChI=1S/C5H7N3.C4H5N/c6-4-2-1-3-8-5(4)7;1-2-4-5-3-1/h1-3H,6H2,(H2,7,8);1-5H. The van der Waals surface area contributed by atoms with Crippen LogP contribution in [0.2, 0.25) is 0 Å². The molecule has 0 saturated carbocycles. The second-order valence-electron chi connectivity index (χ2n) is 2.36. The van der Waals surface area contributed by atoms with Gasteiger partial charge in [-0.25, -0.2) is 4.98 Å². The summed E-state index contributed by atoms with van der Waals surface area (Å²) in [6.45, 7) is 0. The van der Waals surface area contributed by atoms with Gasteiger partial charge in [-0.15, -0.1) is 0 Å². The van der Waals surface area contributed by atoms with Crippen LogP contribution in [0.1, 0.15) is 0 Å². The SMILES string of the molecule is Nc1cccnc1N.c1cc[nH]c1. The van der Waals surface area contributed by atoms with Gasteiger partial charge in [-0.05, 0) is 24.3 Å². The van der Waals surface area contributed by atoms with Crippen LogP contribution in [0.5, 0.6) is 0 Å². The average Bonchev–Trinajstić information content (AvgIpc) is 2.68. The number of anilines is 2. The molecule has 0 saturated heterocycles. The van der Waals surface area contributed by atoms with Gasteiger partial charge in [0, 0.05) is 18.6 Å². The van der Waals surface area contributed by atoms with E-state index in [2.05, 4.69) is 9.97 Å². The number of nitrogens with one attached hydrogen (secondary N) is 1. The van der Waals surface area contributed by atoms with Gasteiger partial charge in [0.05, 0.1) is 5.69 Å². The molecule has 0 bridgehead atoms. The first-order chi connectivity index (χ1) is 6.30. The number of aromatic amines is 1. The normalized spacial score (nSPS) is 8.62. The van der Waals surface area contributed by atoms with E-state index in [-0.39, 0.29) is 0 Å². The summed E-state index contributed by atoms with van der Waals surface area (Å²) < 4.78 is 0. The number of hydrogen-bond acceptors (Lipinski definition) is 3. The minimum absolute atomic E-state index is 0.396. The number of hydrogen-bond donors (Lipinski definition) is 3. The van der Waals surface area contributed by atoms with Crippen molar-refractivity contribution in [3.8, 4) is 0 Å². The zero-order valence-corrected chi connectivity index (χ0v) is 7.14. The molecular formula is C9H12N4. The van der Waals surface area contributed by atoms with Gasteiger partial charge in [-0.3, -0.25) is 0 Å². The number of pyridine rings is 1. The maximum atomic E-state index is 5.33. The number of nitrogens with zero attached hydrogens (tertiary/aromatic N) is 1. The number of H-pyrrole nitrogens is 1. The molecule has 0 aliphatic carbocycles. The largest absolute Gasteiger partial charge is 0.396 e. The number of nitrogens with two attached hydrogens (primary N) is 2. The molecule has 0 amide bonds. The summed E-state index contributed by atoms with van der Waals surface area (Å²) in [6.07, 6.45) is 5.35. The Hall–Kier alpha value is -1.97. The molecule has 2 aromatic rings. The second-order valence-corrected chi connectivity index (χ2v) is 2.36. The maximum Gasteiger partial charge on any atom is 0.146 e. The average molecular weight is 176 g/mol. The second kappa shape index (κ2) is 4.82. The number of nitrogen functional groups attached to an aromatic ring is 2. The molecule has 0 fully saturated rings. The van der Waals surface area contributed by atoms with E-state index < -0.39 is 0 Å². The lowest BCUT2D eigenvalue weighted by Crippen LogP contribution is -1.95. The van der Waals surface area contributed by atoms with Crippen molar-refractivity contribution in [2.24, 2.45) is 0 Å². The lowest BCUT2D eigenvalue weighted by molar-refractivity contribution is 1.34. The Morgan fingerprint density at radius 1 is 1.08 bits per heavy atom.